The van der Waals surface area contributed by atoms with Crippen molar-refractivity contribution in [3.05, 3.63) is 68.1 Å². The van der Waals surface area contributed by atoms with Gasteiger partial charge in [0.2, 0.25) is 5.56 Å². The maximum Gasteiger partial charge on any atom is 0.267 e. The number of rotatable bonds is 4. The molecule has 2 N–H and O–H groups in total. The van der Waals surface area contributed by atoms with Crippen LogP contribution in [0.2, 0.25) is 10.0 Å². The van der Waals surface area contributed by atoms with Crippen molar-refractivity contribution in [2.75, 3.05) is 6.54 Å². The highest BCUT2D eigenvalue weighted by atomic mass is 35.5. The summed E-state index contributed by atoms with van der Waals surface area (Å²) in [6.45, 7) is 0.555. The van der Waals surface area contributed by atoms with Gasteiger partial charge >= 0.3 is 0 Å². The van der Waals surface area contributed by atoms with E-state index in [4.69, 9.17) is 23.2 Å². The second kappa shape index (κ2) is 6.15. The average Bonchev–Trinajstić information content (AvgIpc) is 3.24. The van der Waals surface area contributed by atoms with Crippen molar-refractivity contribution in [3.8, 4) is 0 Å². The number of benzene rings is 1. The summed E-state index contributed by atoms with van der Waals surface area (Å²) in [4.78, 5) is 25.7. The first-order valence-corrected chi connectivity index (χ1v) is 7.72. The standard InChI is InChI=1S/C16H14Cl2N2O2/c17-10-4-5-11(13(18)7-10)12-6-9(12)8-19-16(22)14-2-1-3-15(21)20-14/h1-5,7,9,12H,6,8H2,(H,19,22)(H,20,21)/t9-,12+/m0/s1. The maximum atomic E-state index is 12.0. The van der Waals surface area contributed by atoms with E-state index in [1.54, 1.807) is 18.2 Å². The van der Waals surface area contributed by atoms with Crippen LogP contribution in [-0.2, 0) is 0 Å². The number of aromatic nitrogens is 1. The largest absolute Gasteiger partial charge is 0.350 e. The van der Waals surface area contributed by atoms with Crippen molar-refractivity contribution in [3.63, 3.8) is 0 Å². The number of H-pyrrole nitrogens is 1. The van der Waals surface area contributed by atoms with Crippen LogP contribution >= 0.6 is 23.2 Å². The third kappa shape index (κ3) is 3.34. The number of nitrogens with one attached hydrogen (secondary N) is 2. The molecule has 2 atom stereocenters. The van der Waals surface area contributed by atoms with Gasteiger partial charge in [0.25, 0.3) is 5.91 Å². The van der Waals surface area contributed by atoms with Gasteiger partial charge in [0.05, 0.1) is 0 Å². The van der Waals surface area contributed by atoms with Gasteiger partial charge in [0, 0.05) is 22.7 Å². The van der Waals surface area contributed by atoms with Gasteiger partial charge in [-0.3, -0.25) is 9.59 Å². The number of carbonyl (C=O) groups excluding carboxylic acids is 1. The fourth-order valence-electron chi connectivity index (χ4n) is 2.56. The Morgan fingerprint density at radius 1 is 1.27 bits per heavy atom. The second-order valence-electron chi connectivity index (χ2n) is 5.41. The number of carbonyl (C=O) groups is 1. The number of halogens is 2. The highest BCUT2D eigenvalue weighted by Gasteiger charge is 2.39. The Balaban J connectivity index is 1.58. The van der Waals surface area contributed by atoms with E-state index in [9.17, 15) is 9.59 Å². The van der Waals surface area contributed by atoms with Crippen LogP contribution in [-0.4, -0.2) is 17.4 Å². The summed E-state index contributed by atoms with van der Waals surface area (Å²) in [5.41, 5.74) is 1.05. The van der Waals surface area contributed by atoms with Crippen molar-refractivity contribution in [1.29, 1.82) is 0 Å². The summed E-state index contributed by atoms with van der Waals surface area (Å²) in [6.07, 6.45) is 0.979. The SMILES string of the molecule is O=C(NC[C@@H]1C[C@H]1c1ccc(Cl)cc1Cl)c1cccc(=O)[nH]1. The minimum absolute atomic E-state index is 0.272. The first kappa shape index (κ1) is 15.1. The molecule has 0 bridgehead atoms. The van der Waals surface area contributed by atoms with Crippen molar-refractivity contribution in [1.82, 2.24) is 10.3 Å². The molecule has 2 aromatic rings. The third-order valence-electron chi connectivity index (χ3n) is 3.82. The van der Waals surface area contributed by atoms with Crippen LogP contribution in [0, 0.1) is 5.92 Å². The third-order valence-corrected chi connectivity index (χ3v) is 4.38. The zero-order valence-electron chi connectivity index (χ0n) is 11.6. The van der Waals surface area contributed by atoms with E-state index < -0.39 is 0 Å². The lowest BCUT2D eigenvalue weighted by molar-refractivity contribution is 0.0946. The molecule has 1 aromatic heterocycles. The molecule has 0 spiro atoms. The minimum Gasteiger partial charge on any atom is -0.350 e. The normalized spacial score (nSPS) is 19.7. The van der Waals surface area contributed by atoms with Crippen LogP contribution in [0.1, 0.15) is 28.4 Å². The first-order chi connectivity index (χ1) is 10.5. The minimum atomic E-state index is -0.287. The number of aromatic amines is 1. The van der Waals surface area contributed by atoms with Gasteiger partial charge in [-0.15, -0.1) is 0 Å². The van der Waals surface area contributed by atoms with Crippen LogP contribution < -0.4 is 10.9 Å². The van der Waals surface area contributed by atoms with Gasteiger partial charge in [0.15, 0.2) is 0 Å². The van der Waals surface area contributed by atoms with E-state index in [-0.39, 0.29) is 17.2 Å². The quantitative estimate of drug-likeness (QED) is 0.900. The van der Waals surface area contributed by atoms with Gasteiger partial charge in [-0.05, 0) is 42.0 Å². The Labute approximate surface area is 137 Å². The van der Waals surface area contributed by atoms with Gasteiger partial charge in [-0.1, -0.05) is 35.3 Å². The smallest absolute Gasteiger partial charge is 0.267 e. The van der Waals surface area contributed by atoms with Gasteiger partial charge < -0.3 is 10.3 Å². The summed E-state index contributed by atoms with van der Waals surface area (Å²) in [6, 6.07) is 10.0. The number of pyridine rings is 1. The van der Waals surface area contributed by atoms with Crippen LogP contribution in [0.25, 0.3) is 0 Å². The lowest BCUT2D eigenvalue weighted by atomic mass is 10.1. The molecule has 0 aliphatic heterocycles. The van der Waals surface area contributed by atoms with Crippen molar-refractivity contribution >= 4 is 29.1 Å². The molecule has 0 unspecified atom stereocenters. The first-order valence-electron chi connectivity index (χ1n) is 6.97. The zero-order chi connectivity index (χ0) is 15.7. The van der Waals surface area contributed by atoms with Gasteiger partial charge in [-0.25, -0.2) is 0 Å². The Hall–Kier alpha value is -1.78. The second-order valence-corrected chi connectivity index (χ2v) is 6.25. The van der Waals surface area contributed by atoms with Crippen LogP contribution in [0.5, 0.6) is 0 Å². The van der Waals surface area contributed by atoms with Crippen molar-refractivity contribution in [2.24, 2.45) is 5.92 Å². The Morgan fingerprint density at radius 2 is 2.09 bits per heavy atom. The molecule has 4 nitrogen and oxygen atoms in total. The van der Waals surface area contributed by atoms with E-state index in [1.807, 2.05) is 12.1 Å². The lowest BCUT2D eigenvalue weighted by Gasteiger charge is -2.06. The monoisotopic (exact) mass is 336 g/mol. The topological polar surface area (TPSA) is 62.0 Å². The van der Waals surface area contributed by atoms with Gasteiger partial charge in [0.1, 0.15) is 5.69 Å². The molecule has 3 rings (SSSR count). The molecule has 1 saturated carbocycles. The molecule has 0 saturated heterocycles. The molecule has 1 aliphatic carbocycles. The highest BCUT2D eigenvalue weighted by Crippen LogP contribution is 2.49. The molecule has 1 aliphatic rings. The Bertz CT molecular complexity index is 773. The van der Waals surface area contributed by atoms with E-state index in [2.05, 4.69) is 10.3 Å². The molecule has 1 amide bonds. The molecule has 22 heavy (non-hydrogen) atoms. The summed E-state index contributed by atoms with van der Waals surface area (Å²) in [7, 11) is 0. The van der Waals surface area contributed by atoms with E-state index in [0.29, 0.717) is 28.4 Å². The molecular weight excluding hydrogens is 323 g/mol. The van der Waals surface area contributed by atoms with Crippen LogP contribution in [0.3, 0.4) is 0 Å². The molecule has 0 radical (unpaired) electrons. The lowest BCUT2D eigenvalue weighted by Crippen LogP contribution is -2.28. The summed E-state index contributed by atoms with van der Waals surface area (Å²) in [5.74, 6) is 0.434. The molecular formula is C16H14Cl2N2O2. The van der Waals surface area contributed by atoms with Gasteiger partial charge in [-0.2, -0.15) is 0 Å². The Morgan fingerprint density at radius 3 is 2.82 bits per heavy atom. The van der Waals surface area contributed by atoms with Crippen LogP contribution in [0.4, 0.5) is 0 Å². The fourth-order valence-corrected chi connectivity index (χ4v) is 3.10. The molecule has 1 fully saturated rings. The van der Waals surface area contributed by atoms with E-state index in [0.717, 1.165) is 12.0 Å². The maximum absolute atomic E-state index is 12.0. The Kier molecular flexibility index (Phi) is 4.23. The highest BCUT2D eigenvalue weighted by molar-refractivity contribution is 6.35. The van der Waals surface area contributed by atoms with Crippen molar-refractivity contribution in [2.45, 2.75) is 12.3 Å². The summed E-state index contributed by atoms with van der Waals surface area (Å²) < 4.78 is 0. The predicted molar refractivity (Wildman–Crippen MR) is 86.7 cm³/mol. The fraction of sp³-hybridized carbons (Fsp3) is 0.250. The zero-order valence-corrected chi connectivity index (χ0v) is 13.1. The van der Waals surface area contributed by atoms with Crippen molar-refractivity contribution < 1.29 is 4.79 Å². The predicted octanol–water partition coefficient (Wildman–Crippen LogP) is 3.22. The molecule has 1 heterocycles. The number of amides is 1. The van der Waals surface area contributed by atoms with E-state index in [1.165, 1.54) is 6.07 Å². The molecule has 1 aromatic carbocycles. The number of hydrogen-bond acceptors (Lipinski definition) is 2. The van der Waals surface area contributed by atoms with Crippen LogP contribution in [0.15, 0.2) is 41.2 Å². The molecule has 114 valence electrons. The number of hydrogen-bond donors (Lipinski definition) is 2. The van der Waals surface area contributed by atoms with E-state index >= 15 is 0 Å². The summed E-state index contributed by atoms with van der Waals surface area (Å²) >= 11 is 12.1. The molecule has 6 heteroatoms. The summed E-state index contributed by atoms with van der Waals surface area (Å²) in [5, 5.41) is 4.12. The average molecular weight is 337 g/mol.